The number of thiazole rings is 1. The van der Waals surface area contributed by atoms with E-state index in [0.717, 1.165) is 23.2 Å². The van der Waals surface area contributed by atoms with E-state index in [0.29, 0.717) is 6.04 Å². The molecule has 0 spiro atoms. The Kier molecular flexibility index (Phi) is 4.21. The molecule has 2 heterocycles. The fraction of sp³-hybridized carbons (Fsp3) is 0.538. The molecule has 0 amide bonds. The molecule has 0 saturated heterocycles. The Morgan fingerprint density at radius 1 is 1.53 bits per heavy atom. The summed E-state index contributed by atoms with van der Waals surface area (Å²) in [5.74, 6) is 1.04. The molecule has 0 saturated carbocycles. The van der Waals surface area contributed by atoms with Crippen molar-refractivity contribution in [2.24, 2.45) is 7.05 Å². The van der Waals surface area contributed by atoms with Gasteiger partial charge in [-0.2, -0.15) is 0 Å². The molecule has 2 aromatic heterocycles. The maximum absolute atomic E-state index is 4.66. The smallest absolute Gasteiger partial charge is 0.185 e. The summed E-state index contributed by atoms with van der Waals surface area (Å²) in [7, 11) is 6.04. The van der Waals surface area contributed by atoms with E-state index in [1.165, 1.54) is 4.88 Å². The lowest BCUT2D eigenvalue weighted by atomic mass is 10.2. The maximum atomic E-state index is 4.66. The molecule has 0 fully saturated rings. The molecule has 2 rings (SSSR count). The minimum absolute atomic E-state index is 0.341. The van der Waals surface area contributed by atoms with E-state index in [1.54, 1.807) is 11.3 Å². The van der Waals surface area contributed by atoms with E-state index >= 15 is 0 Å². The number of imidazole rings is 1. The molecule has 0 aliphatic heterocycles. The van der Waals surface area contributed by atoms with Crippen LogP contribution in [0.3, 0.4) is 0 Å². The first-order valence-corrected chi connectivity index (χ1v) is 7.16. The molecule has 104 valence electrons. The van der Waals surface area contributed by atoms with Gasteiger partial charge in [0.15, 0.2) is 5.13 Å². The molecule has 1 atom stereocenters. The normalized spacial score (nSPS) is 12.7. The van der Waals surface area contributed by atoms with E-state index in [9.17, 15) is 0 Å². The molecule has 6 heteroatoms. The number of rotatable bonds is 5. The van der Waals surface area contributed by atoms with Gasteiger partial charge in [-0.15, -0.1) is 11.3 Å². The van der Waals surface area contributed by atoms with Crippen LogP contribution in [0, 0.1) is 6.92 Å². The first-order chi connectivity index (χ1) is 9.02. The van der Waals surface area contributed by atoms with Crippen molar-refractivity contribution in [3.8, 4) is 0 Å². The topological polar surface area (TPSA) is 46.0 Å². The van der Waals surface area contributed by atoms with Crippen LogP contribution >= 0.6 is 11.3 Å². The largest absolute Gasteiger partial charge is 0.344 e. The molecule has 1 N–H and O–H groups in total. The molecule has 0 bridgehead atoms. The highest BCUT2D eigenvalue weighted by Gasteiger charge is 2.16. The van der Waals surface area contributed by atoms with E-state index < -0.39 is 0 Å². The minimum Gasteiger partial charge on any atom is -0.344 e. The molecule has 0 aliphatic carbocycles. The van der Waals surface area contributed by atoms with Gasteiger partial charge < -0.3 is 14.8 Å². The zero-order chi connectivity index (χ0) is 14.0. The van der Waals surface area contributed by atoms with Crippen LogP contribution in [-0.2, 0) is 13.6 Å². The van der Waals surface area contributed by atoms with Crippen LogP contribution in [0.5, 0.6) is 0 Å². The van der Waals surface area contributed by atoms with Gasteiger partial charge in [0.25, 0.3) is 0 Å². The van der Waals surface area contributed by atoms with Gasteiger partial charge in [-0.25, -0.2) is 9.97 Å². The number of aryl methyl sites for hydroxylation is 2. The highest BCUT2D eigenvalue weighted by Crippen LogP contribution is 2.30. The van der Waals surface area contributed by atoms with Gasteiger partial charge in [0.2, 0.25) is 0 Å². The molecule has 0 radical (unpaired) electrons. The average Bonchev–Trinajstić information content (AvgIpc) is 2.95. The zero-order valence-electron chi connectivity index (χ0n) is 12.1. The molecular formula is C13H21N5S. The van der Waals surface area contributed by atoms with Crippen LogP contribution < -0.4 is 10.2 Å². The first kappa shape index (κ1) is 14.0. The number of hydrogen-bond donors (Lipinski definition) is 1. The van der Waals surface area contributed by atoms with Crippen molar-refractivity contribution in [2.45, 2.75) is 26.4 Å². The minimum atomic E-state index is 0.341. The van der Waals surface area contributed by atoms with Gasteiger partial charge in [0.05, 0.1) is 12.2 Å². The van der Waals surface area contributed by atoms with Crippen LogP contribution in [0.4, 0.5) is 5.13 Å². The van der Waals surface area contributed by atoms with Crippen molar-refractivity contribution in [3.63, 3.8) is 0 Å². The first-order valence-electron chi connectivity index (χ1n) is 6.34. The summed E-state index contributed by atoms with van der Waals surface area (Å²) in [5, 5.41) is 4.30. The van der Waals surface area contributed by atoms with Gasteiger partial charge in [0, 0.05) is 37.4 Å². The Balaban J connectivity index is 2.16. The lowest BCUT2D eigenvalue weighted by molar-refractivity contribution is 0.658. The number of nitrogens with zero attached hydrogens (tertiary/aromatic N) is 4. The number of aromatic nitrogens is 3. The van der Waals surface area contributed by atoms with E-state index in [-0.39, 0.29) is 0 Å². The Morgan fingerprint density at radius 2 is 2.26 bits per heavy atom. The predicted octanol–water partition coefficient (Wildman–Crippen LogP) is 2.10. The van der Waals surface area contributed by atoms with E-state index in [1.807, 2.05) is 31.1 Å². The van der Waals surface area contributed by atoms with Crippen molar-refractivity contribution in [1.29, 1.82) is 0 Å². The lowest BCUT2D eigenvalue weighted by Crippen LogP contribution is -2.18. The Bertz CT molecular complexity index is 545. The van der Waals surface area contributed by atoms with Crippen LogP contribution in [-0.4, -0.2) is 28.6 Å². The average molecular weight is 279 g/mol. The van der Waals surface area contributed by atoms with Crippen molar-refractivity contribution in [3.05, 3.63) is 28.8 Å². The van der Waals surface area contributed by atoms with Crippen molar-refractivity contribution in [2.75, 3.05) is 19.0 Å². The standard InChI is InChI=1S/C13H21N5S/c1-9(14-3)12-10(2)16-13(19-12)18(5)8-11-15-6-7-17(11)4/h6-7,9,14H,8H2,1-5H3. The van der Waals surface area contributed by atoms with Crippen LogP contribution in [0.25, 0.3) is 0 Å². The SMILES string of the molecule is CNC(C)c1sc(N(C)Cc2nccn2C)nc1C. The van der Waals surface area contributed by atoms with E-state index in [2.05, 4.69) is 41.1 Å². The predicted molar refractivity (Wildman–Crippen MR) is 79.6 cm³/mol. The van der Waals surface area contributed by atoms with Gasteiger partial charge >= 0.3 is 0 Å². The Hall–Kier alpha value is -1.40. The van der Waals surface area contributed by atoms with Crippen LogP contribution in [0.1, 0.15) is 29.4 Å². The zero-order valence-corrected chi connectivity index (χ0v) is 13.0. The molecule has 0 aromatic carbocycles. The monoisotopic (exact) mass is 279 g/mol. The van der Waals surface area contributed by atoms with Crippen LogP contribution in [0.2, 0.25) is 0 Å². The van der Waals surface area contributed by atoms with Crippen molar-refractivity contribution >= 4 is 16.5 Å². The summed E-state index contributed by atoms with van der Waals surface area (Å²) < 4.78 is 2.04. The van der Waals surface area contributed by atoms with E-state index in [4.69, 9.17) is 0 Å². The van der Waals surface area contributed by atoms with Crippen molar-refractivity contribution in [1.82, 2.24) is 19.9 Å². The van der Waals surface area contributed by atoms with Gasteiger partial charge in [-0.3, -0.25) is 0 Å². The lowest BCUT2D eigenvalue weighted by Gasteiger charge is -2.15. The second-order valence-electron chi connectivity index (χ2n) is 4.77. The fourth-order valence-corrected chi connectivity index (χ4v) is 3.01. The third-order valence-electron chi connectivity index (χ3n) is 3.27. The number of anilines is 1. The summed E-state index contributed by atoms with van der Waals surface area (Å²) in [4.78, 5) is 12.4. The van der Waals surface area contributed by atoms with Gasteiger partial charge in [-0.05, 0) is 20.9 Å². The maximum Gasteiger partial charge on any atom is 0.185 e. The highest BCUT2D eigenvalue weighted by atomic mass is 32.1. The molecule has 0 aliphatic rings. The Morgan fingerprint density at radius 3 is 2.84 bits per heavy atom. The number of hydrogen-bond acceptors (Lipinski definition) is 5. The second-order valence-corrected chi connectivity index (χ2v) is 5.78. The molecule has 19 heavy (non-hydrogen) atoms. The van der Waals surface area contributed by atoms with Crippen LogP contribution in [0.15, 0.2) is 12.4 Å². The fourth-order valence-electron chi connectivity index (χ4n) is 1.92. The van der Waals surface area contributed by atoms with Gasteiger partial charge in [0.1, 0.15) is 5.82 Å². The molecule has 5 nitrogen and oxygen atoms in total. The summed E-state index contributed by atoms with van der Waals surface area (Å²) in [6.07, 6.45) is 3.79. The third kappa shape index (κ3) is 2.96. The molecular weight excluding hydrogens is 258 g/mol. The summed E-state index contributed by atoms with van der Waals surface area (Å²) in [5.41, 5.74) is 1.11. The Labute approximate surface area is 118 Å². The summed E-state index contributed by atoms with van der Waals surface area (Å²) in [6, 6.07) is 0.341. The third-order valence-corrected chi connectivity index (χ3v) is 4.73. The summed E-state index contributed by atoms with van der Waals surface area (Å²) >= 11 is 1.74. The number of nitrogens with one attached hydrogen (secondary N) is 1. The highest BCUT2D eigenvalue weighted by molar-refractivity contribution is 7.15. The quantitative estimate of drug-likeness (QED) is 0.910. The summed E-state index contributed by atoms with van der Waals surface area (Å²) in [6.45, 7) is 4.99. The molecule has 1 unspecified atom stereocenters. The van der Waals surface area contributed by atoms with Crippen molar-refractivity contribution < 1.29 is 0 Å². The second kappa shape index (κ2) is 5.71. The van der Waals surface area contributed by atoms with Gasteiger partial charge in [-0.1, -0.05) is 0 Å². The molecule has 2 aromatic rings.